The molecule has 36 heavy (non-hydrogen) atoms. The highest BCUT2D eigenvalue weighted by Crippen LogP contribution is 2.33. The second-order valence-corrected chi connectivity index (χ2v) is 11.0. The number of hydrogen-bond donors (Lipinski definition) is 2. The molecule has 0 bridgehead atoms. The minimum atomic E-state index is -0.296. The molecule has 0 unspecified atom stereocenters. The minimum Gasteiger partial charge on any atom is -0.490 e. The summed E-state index contributed by atoms with van der Waals surface area (Å²) in [5.41, 5.74) is 1.08. The van der Waals surface area contributed by atoms with E-state index in [9.17, 15) is 14.4 Å². The lowest BCUT2D eigenvalue weighted by Gasteiger charge is -2.42. The van der Waals surface area contributed by atoms with Crippen LogP contribution in [0.4, 0.5) is 5.69 Å². The van der Waals surface area contributed by atoms with Crippen molar-refractivity contribution in [3.63, 3.8) is 0 Å². The van der Waals surface area contributed by atoms with E-state index >= 15 is 0 Å². The van der Waals surface area contributed by atoms with Gasteiger partial charge >= 0.3 is 0 Å². The molecule has 2 saturated carbocycles. The van der Waals surface area contributed by atoms with Crippen LogP contribution in [0.3, 0.4) is 0 Å². The Morgan fingerprint density at radius 2 is 1.75 bits per heavy atom. The van der Waals surface area contributed by atoms with E-state index < -0.39 is 0 Å². The van der Waals surface area contributed by atoms with E-state index in [4.69, 9.17) is 9.47 Å². The number of nitrogens with zero attached hydrogens (tertiary/aromatic N) is 1. The molecule has 3 fully saturated rings. The van der Waals surface area contributed by atoms with E-state index in [2.05, 4.69) is 10.6 Å². The van der Waals surface area contributed by atoms with Crippen molar-refractivity contribution < 1.29 is 23.9 Å². The first-order chi connectivity index (χ1) is 17.5. The van der Waals surface area contributed by atoms with Crippen molar-refractivity contribution in [2.24, 2.45) is 5.92 Å². The van der Waals surface area contributed by atoms with Crippen molar-refractivity contribution in [2.45, 2.75) is 101 Å². The van der Waals surface area contributed by atoms with Gasteiger partial charge in [0.05, 0.1) is 24.1 Å². The molecule has 2 aliphatic carbocycles. The fraction of sp³-hybridized carbons (Fsp3) is 0.679. The number of benzene rings is 1. The highest BCUT2D eigenvalue weighted by Gasteiger charge is 2.39. The van der Waals surface area contributed by atoms with Crippen molar-refractivity contribution in [3.05, 3.63) is 23.8 Å². The molecule has 4 aliphatic rings. The Morgan fingerprint density at radius 1 is 1.00 bits per heavy atom. The molecule has 196 valence electrons. The quantitative estimate of drug-likeness (QED) is 0.640. The lowest BCUT2D eigenvalue weighted by molar-refractivity contribution is -0.134. The lowest BCUT2D eigenvalue weighted by atomic mass is 9.88. The van der Waals surface area contributed by atoms with Crippen LogP contribution in [0.15, 0.2) is 18.2 Å². The molecule has 2 aliphatic heterocycles. The third kappa shape index (κ3) is 5.69. The molecule has 3 amide bonds. The topological polar surface area (TPSA) is 97.0 Å². The molecular formula is C28H39N3O5. The predicted molar refractivity (Wildman–Crippen MR) is 136 cm³/mol. The van der Waals surface area contributed by atoms with Crippen molar-refractivity contribution in [1.29, 1.82) is 0 Å². The zero-order valence-electron chi connectivity index (χ0n) is 21.3. The maximum absolute atomic E-state index is 13.5. The Kier molecular flexibility index (Phi) is 7.79. The summed E-state index contributed by atoms with van der Waals surface area (Å²) in [5.74, 6) is 0.476. The summed E-state index contributed by atoms with van der Waals surface area (Å²) in [7, 11) is 1.80. The summed E-state index contributed by atoms with van der Waals surface area (Å²) >= 11 is 0. The summed E-state index contributed by atoms with van der Waals surface area (Å²) in [5, 5.41) is 6.16. The fourth-order valence-corrected chi connectivity index (χ4v) is 6.28. The monoisotopic (exact) mass is 497 g/mol. The van der Waals surface area contributed by atoms with E-state index in [1.807, 2.05) is 0 Å². The van der Waals surface area contributed by atoms with E-state index in [-0.39, 0.29) is 41.9 Å². The third-order valence-electron chi connectivity index (χ3n) is 8.39. The van der Waals surface area contributed by atoms with Gasteiger partial charge in [0.15, 0.2) is 0 Å². The van der Waals surface area contributed by atoms with Crippen molar-refractivity contribution in [1.82, 2.24) is 10.2 Å². The number of carbonyl (C=O) groups is 3. The number of nitrogens with one attached hydrogen (secondary N) is 2. The van der Waals surface area contributed by atoms with Gasteiger partial charge in [0.2, 0.25) is 11.8 Å². The first kappa shape index (κ1) is 25.1. The Bertz CT molecular complexity index is 970. The van der Waals surface area contributed by atoms with Crippen LogP contribution in [0.25, 0.3) is 0 Å². The highest BCUT2D eigenvalue weighted by atomic mass is 16.5. The van der Waals surface area contributed by atoms with Crippen LogP contribution < -0.4 is 15.4 Å². The van der Waals surface area contributed by atoms with Gasteiger partial charge in [-0.2, -0.15) is 0 Å². The summed E-state index contributed by atoms with van der Waals surface area (Å²) < 4.78 is 12.4. The second-order valence-electron chi connectivity index (χ2n) is 11.0. The molecule has 1 aromatic carbocycles. The van der Waals surface area contributed by atoms with Crippen LogP contribution in [-0.4, -0.2) is 60.6 Å². The van der Waals surface area contributed by atoms with Gasteiger partial charge in [-0.05, 0) is 56.7 Å². The SMILES string of the molecule is CN1C(=O)c2cc(NC(=O)C3CCCCC3)ccc2OC[C@H]2O[C@H](CC(=O)NC3CCCC3)CC[C@H]21. The number of anilines is 1. The summed E-state index contributed by atoms with van der Waals surface area (Å²) in [4.78, 5) is 40.4. The maximum Gasteiger partial charge on any atom is 0.257 e. The average molecular weight is 498 g/mol. The second kappa shape index (κ2) is 11.2. The molecule has 2 N–H and O–H groups in total. The molecule has 5 rings (SSSR count). The predicted octanol–water partition coefficient (Wildman–Crippen LogP) is 4.03. The van der Waals surface area contributed by atoms with Gasteiger partial charge in [-0.1, -0.05) is 32.1 Å². The van der Waals surface area contributed by atoms with Crippen LogP contribution >= 0.6 is 0 Å². The Labute approximate surface area is 213 Å². The number of amides is 3. The van der Waals surface area contributed by atoms with Crippen molar-refractivity contribution >= 4 is 23.4 Å². The molecule has 1 aromatic rings. The van der Waals surface area contributed by atoms with E-state index in [1.54, 1.807) is 30.1 Å². The maximum atomic E-state index is 13.5. The highest BCUT2D eigenvalue weighted by molar-refractivity contribution is 6.00. The first-order valence-electron chi connectivity index (χ1n) is 13.8. The van der Waals surface area contributed by atoms with Crippen LogP contribution in [0.1, 0.15) is 87.4 Å². The molecular weight excluding hydrogens is 458 g/mol. The number of hydrogen-bond acceptors (Lipinski definition) is 5. The summed E-state index contributed by atoms with van der Waals surface area (Å²) in [6.45, 7) is 0.309. The van der Waals surface area contributed by atoms with Crippen LogP contribution in [0.5, 0.6) is 5.75 Å². The van der Waals surface area contributed by atoms with Gasteiger partial charge < -0.3 is 25.0 Å². The Balaban J connectivity index is 1.22. The number of likely N-dealkylation sites (N-methyl/N-ethyl adjacent to an activating group) is 1. The Morgan fingerprint density at radius 3 is 2.53 bits per heavy atom. The molecule has 3 atom stereocenters. The smallest absolute Gasteiger partial charge is 0.257 e. The van der Waals surface area contributed by atoms with Crippen molar-refractivity contribution in [2.75, 3.05) is 19.0 Å². The lowest BCUT2D eigenvalue weighted by Crippen LogP contribution is -2.54. The zero-order chi connectivity index (χ0) is 25.1. The molecule has 0 aromatic heterocycles. The third-order valence-corrected chi connectivity index (χ3v) is 8.39. The molecule has 0 radical (unpaired) electrons. The fourth-order valence-electron chi connectivity index (χ4n) is 6.28. The zero-order valence-corrected chi connectivity index (χ0v) is 21.3. The van der Waals surface area contributed by atoms with E-state index in [0.717, 1.165) is 51.4 Å². The van der Waals surface area contributed by atoms with Gasteiger partial charge in [-0.25, -0.2) is 0 Å². The standard InChI is InChI=1S/C28H39N3O5/c1-31-23-13-12-21(16-26(32)29-19-9-5-6-10-19)36-25(23)17-35-24-14-11-20(15-22(24)28(31)34)30-27(33)18-7-3-2-4-8-18/h11,14-15,18-19,21,23,25H,2-10,12-13,16-17H2,1H3,(H,29,32)(H,30,33)/t21-,23+,25+/m0/s1. The van der Waals surface area contributed by atoms with Crippen LogP contribution in [0, 0.1) is 5.92 Å². The van der Waals surface area contributed by atoms with Crippen LogP contribution in [0.2, 0.25) is 0 Å². The Hall–Kier alpha value is -2.61. The number of rotatable bonds is 5. The van der Waals surface area contributed by atoms with E-state index in [0.29, 0.717) is 36.1 Å². The van der Waals surface area contributed by atoms with Crippen LogP contribution in [-0.2, 0) is 14.3 Å². The van der Waals surface area contributed by atoms with Gasteiger partial charge in [0.25, 0.3) is 5.91 Å². The molecule has 8 heteroatoms. The van der Waals surface area contributed by atoms with Crippen molar-refractivity contribution in [3.8, 4) is 5.75 Å². The molecule has 2 heterocycles. The number of ether oxygens (including phenoxy) is 2. The molecule has 1 saturated heterocycles. The summed E-state index contributed by atoms with van der Waals surface area (Å²) in [6, 6.07) is 5.46. The summed E-state index contributed by atoms with van der Waals surface area (Å²) in [6.07, 6.45) is 11.1. The van der Waals surface area contributed by atoms with Gasteiger partial charge in [-0.15, -0.1) is 0 Å². The van der Waals surface area contributed by atoms with Gasteiger partial charge in [0, 0.05) is 24.7 Å². The largest absolute Gasteiger partial charge is 0.490 e. The molecule has 0 spiro atoms. The van der Waals surface area contributed by atoms with E-state index in [1.165, 1.54) is 19.3 Å². The average Bonchev–Trinajstić information content (AvgIpc) is 3.40. The van der Waals surface area contributed by atoms with Gasteiger partial charge in [0.1, 0.15) is 18.5 Å². The number of fused-ring (bicyclic) bond motifs is 2. The normalized spacial score (nSPS) is 27.3. The number of carbonyl (C=O) groups excluding carboxylic acids is 3. The minimum absolute atomic E-state index is 0.0333. The van der Waals surface area contributed by atoms with Gasteiger partial charge in [-0.3, -0.25) is 14.4 Å². The molecule has 8 nitrogen and oxygen atoms in total. The first-order valence-corrected chi connectivity index (χ1v) is 13.8.